The minimum atomic E-state index is 0.133. The first-order chi connectivity index (χ1) is 16.7. The van der Waals surface area contributed by atoms with E-state index >= 15 is 0 Å². The van der Waals surface area contributed by atoms with Crippen LogP contribution in [-0.4, -0.2) is 91.6 Å². The molecule has 1 aromatic rings. The summed E-state index contributed by atoms with van der Waals surface area (Å²) in [5.41, 5.74) is 0.733. The molecule has 0 saturated carbocycles. The summed E-state index contributed by atoms with van der Waals surface area (Å²) in [6.07, 6.45) is 7.14. The molecule has 1 aromatic carbocycles. The molecule has 0 aliphatic carbocycles. The number of morpholine rings is 1. The predicted octanol–water partition coefficient (Wildman–Crippen LogP) is 3.04. The van der Waals surface area contributed by atoms with E-state index in [9.17, 15) is 9.59 Å². The summed E-state index contributed by atoms with van der Waals surface area (Å²) < 4.78 is 10.7. The van der Waals surface area contributed by atoms with Crippen molar-refractivity contribution in [3.63, 3.8) is 0 Å². The van der Waals surface area contributed by atoms with Crippen molar-refractivity contribution in [3.8, 4) is 5.75 Å². The Balaban J connectivity index is 1.32. The summed E-state index contributed by atoms with van der Waals surface area (Å²) in [5.74, 6) is 2.20. The number of carbonyl (C=O) groups excluding carboxylic acids is 2. The van der Waals surface area contributed by atoms with Crippen LogP contribution in [0.2, 0.25) is 0 Å². The Labute approximate surface area is 203 Å². The van der Waals surface area contributed by atoms with Crippen LogP contribution in [0.4, 0.5) is 0 Å². The first kappa shape index (κ1) is 23.6. The number of methoxy groups -OCH3 is 1. The molecule has 0 radical (unpaired) electrons. The third kappa shape index (κ3) is 4.82. The van der Waals surface area contributed by atoms with Gasteiger partial charge in [0.2, 0.25) is 5.91 Å². The van der Waals surface area contributed by atoms with Gasteiger partial charge < -0.3 is 19.3 Å². The minimum absolute atomic E-state index is 0.133. The Kier molecular flexibility index (Phi) is 7.40. The summed E-state index contributed by atoms with van der Waals surface area (Å²) in [7, 11) is 1.65. The number of carbonyl (C=O) groups is 2. The van der Waals surface area contributed by atoms with Crippen LogP contribution in [-0.2, 0) is 9.53 Å². The number of nitrogens with zero attached hydrogens (tertiary/aromatic N) is 3. The van der Waals surface area contributed by atoms with Crippen LogP contribution in [0.3, 0.4) is 0 Å². The second kappa shape index (κ2) is 10.6. The first-order valence-electron chi connectivity index (χ1n) is 13.2. The van der Waals surface area contributed by atoms with Crippen LogP contribution < -0.4 is 4.74 Å². The summed E-state index contributed by atoms with van der Waals surface area (Å²) >= 11 is 0. The number of benzene rings is 1. The largest absolute Gasteiger partial charge is 0.497 e. The summed E-state index contributed by atoms with van der Waals surface area (Å²) in [6, 6.07) is 8.33. The van der Waals surface area contributed by atoms with Crippen molar-refractivity contribution in [2.45, 2.75) is 57.0 Å². The van der Waals surface area contributed by atoms with Crippen molar-refractivity contribution in [2.24, 2.45) is 11.8 Å². The highest BCUT2D eigenvalue weighted by molar-refractivity contribution is 5.94. The number of likely N-dealkylation sites (tertiary alicyclic amines) is 1. The van der Waals surface area contributed by atoms with E-state index in [1.165, 1.54) is 38.8 Å². The van der Waals surface area contributed by atoms with E-state index < -0.39 is 0 Å². The Morgan fingerprint density at radius 1 is 1.03 bits per heavy atom. The molecule has 0 aromatic heterocycles. The number of hydrogen-bond acceptors (Lipinski definition) is 5. The van der Waals surface area contributed by atoms with Gasteiger partial charge in [0.1, 0.15) is 5.75 Å². The second-order valence-corrected chi connectivity index (χ2v) is 10.4. The van der Waals surface area contributed by atoms with Gasteiger partial charge in [-0.2, -0.15) is 0 Å². The lowest BCUT2D eigenvalue weighted by Crippen LogP contribution is -2.65. The molecule has 2 amide bonds. The van der Waals surface area contributed by atoms with Gasteiger partial charge >= 0.3 is 0 Å². The zero-order valence-corrected chi connectivity index (χ0v) is 20.5. The number of ether oxygens (including phenoxy) is 2. The maximum atomic E-state index is 13.8. The van der Waals surface area contributed by atoms with E-state index in [0.29, 0.717) is 50.6 Å². The molecule has 4 saturated heterocycles. The highest BCUT2D eigenvalue weighted by Gasteiger charge is 2.49. The second-order valence-electron chi connectivity index (χ2n) is 10.4. The monoisotopic (exact) mass is 469 g/mol. The average molecular weight is 470 g/mol. The third-order valence-electron chi connectivity index (χ3n) is 8.52. The van der Waals surface area contributed by atoms with Crippen LogP contribution in [0, 0.1) is 11.8 Å². The third-order valence-corrected chi connectivity index (χ3v) is 8.52. The minimum Gasteiger partial charge on any atom is -0.497 e. The zero-order valence-electron chi connectivity index (χ0n) is 20.5. The van der Waals surface area contributed by atoms with Gasteiger partial charge in [0.05, 0.1) is 20.3 Å². The first-order valence-corrected chi connectivity index (χ1v) is 13.2. The topological polar surface area (TPSA) is 62.3 Å². The van der Waals surface area contributed by atoms with E-state index in [2.05, 4.69) is 9.80 Å². The van der Waals surface area contributed by atoms with Crippen LogP contribution in [0.15, 0.2) is 24.3 Å². The molecule has 0 bridgehead atoms. The highest BCUT2D eigenvalue weighted by atomic mass is 16.5. The normalized spacial score (nSPS) is 29.4. The summed E-state index contributed by atoms with van der Waals surface area (Å²) in [6.45, 7) is 5.92. The molecule has 4 heterocycles. The summed E-state index contributed by atoms with van der Waals surface area (Å²) in [5, 5.41) is 0. The van der Waals surface area contributed by atoms with Gasteiger partial charge in [-0.3, -0.25) is 14.5 Å². The SMILES string of the molecule is COc1ccc(C(=O)N2C[C@@H]3CCCN4CCC[C@@H]([C@H]34)[C@H]2CCCC(=O)N2CCOCC2)cc1. The van der Waals surface area contributed by atoms with E-state index in [4.69, 9.17) is 9.47 Å². The Morgan fingerprint density at radius 2 is 1.76 bits per heavy atom. The van der Waals surface area contributed by atoms with Crippen molar-refractivity contribution in [1.82, 2.24) is 14.7 Å². The zero-order chi connectivity index (χ0) is 23.5. The number of hydrogen-bond donors (Lipinski definition) is 0. The fourth-order valence-corrected chi connectivity index (χ4v) is 6.93. The molecule has 5 rings (SSSR count). The lowest BCUT2D eigenvalue weighted by Gasteiger charge is -2.57. The predicted molar refractivity (Wildman–Crippen MR) is 130 cm³/mol. The molecule has 4 aliphatic rings. The molecular weight excluding hydrogens is 430 g/mol. The molecule has 34 heavy (non-hydrogen) atoms. The van der Waals surface area contributed by atoms with Crippen LogP contribution >= 0.6 is 0 Å². The molecule has 0 N–H and O–H groups in total. The molecule has 0 spiro atoms. The van der Waals surface area contributed by atoms with Crippen molar-refractivity contribution in [1.29, 1.82) is 0 Å². The molecule has 7 heteroatoms. The van der Waals surface area contributed by atoms with E-state index in [1.54, 1.807) is 7.11 Å². The molecule has 4 atom stereocenters. The maximum absolute atomic E-state index is 13.8. The van der Waals surface area contributed by atoms with Gasteiger partial charge in [-0.05, 0) is 87.7 Å². The van der Waals surface area contributed by atoms with Gasteiger partial charge in [0.25, 0.3) is 5.91 Å². The van der Waals surface area contributed by atoms with Crippen molar-refractivity contribution >= 4 is 11.8 Å². The molecular formula is C27H39N3O4. The summed E-state index contributed by atoms with van der Waals surface area (Å²) in [4.78, 5) is 33.3. The van der Waals surface area contributed by atoms with Crippen molar-refractivity contribution in [3.05, 3.63) is 29.8 Å². The molecule has 186 valence electrons. The molecule has 7 nitrogen and oxygen atoms in total. The van der Waals surface area contributed by atoms with Crippen molar-refractivity contribution in [2.75, 3.05) is 53.0 Å². The maximum Gasteiger partial charge on any atom is 0.254 e. The van der Waals surface area contributed by atoms with Gasteiger partial charge in [-0.25, -0.2) is 0 Å². The van der Waals surface area contributed by atoms with Gasteiger partial charge in [0.15, 0.2) is 0 Å². The standard InChI is InChI=1S/C27H39N3O4/c1-33-22-11-9-20(10-12-22)27(32)30-19-21-5-3-13-29-14-4-6-23(26(21)29)24(30)7-2-8-25(31)28-15-17-34-18-16-28/h9-12,21,23-24,26H,2-8,13-19H2,1H3/t21-,23+,24+,26-/m0/s1. The van der Waals surface area contributed by atoms with E-state index in [0.717, 1.165) is 30.7 Å². The number of piperidine rings is 3. The quantitative estimate of drug-likeness (QED) is 0.641. The number of amides is 2. The highest BCUT2D eigenvalue weighted by Crippen LogP contribution is 2.43. The van der Waals surface area contributed by atoms with Gasteiger partial charge in [-0.1, -0.05) is 0 Å². The van der Waals surface area contributed by atoms with Crippen LogP contribution in [0.1, 0.15) is 55.3 Å². The smallest absolute Gasteiger partial charge is 0.254 e. The Morgan fingerprint density at radius 3 is 2.50 bits per heavy atom. The average Bonchev–Trinajstić information content (AvgIpc) is 2.90. The van der Waals surface area contributed by atoms with E-state index in [-0.39, 0.29) is 17.9 Å². The Bertz CT molecular complexity index is 852. The lowest BCUT2D eigenvalue weighted by atomic mass is 9.69. The van der Waals surface area contributed by atoms with Crippen LogP contribution in [0.5, 0.6) is 5.75 Å². The molecule has 4 fully saturated rings. The Hall–Kier alpha value is -2.12. The van der Waals surface area contributed by atoms with Gasteiger partial charge in [-0.15, -0.1) is 0 Å². The lowest BCUT2D eigenvalue weighted by molar-refractivity contribution is -0.135. The fourth-order valence-electron chi connectivity index (χ4n) is 6.93. The molecule has 0 unspecified atom stereocenters. The molecule has 4 aliphatic heterocycles. The van der Waals surface area contributed by atoms with E-state index in [1.807, 2.05) is 29.2 Å². The van der Waals surface area contributed by atoms with Gasteiger partial charge in [0, 0.05) is 43.7 Å². The number of rotatable bonds is 6. The van der Waals surface area contributed by atoms with Crippen LogP contribution in [0.25, 0.3) is 0 Å². The van der Waals surface area contributed by atoms with Crippen molar-refractivity contribution < 1.29 is 19.1 Å². The fraction of sp³-hybridized carbons (Fsp3) is 0.704.